The van der Waals surface area contributed by atoms with Gasteiger partial charge in [0.1, 0.15) is 0 Å². The molecule has 1 amide bonds. The van der Waals surface area contributed by atoms with Crippen LogP contribution in [0.2, 0.25) is 0 Å². The van der Waals surface area contributed by atoms with Crippen LogP contribution in [0.4, 0.5) is 0 Å². The van der Waals surface area contributed by atoms with Crippen molar-refractivity contribution in [3.8, 4) is 0 Å². The summed E-state index contributed by atoms with van der Waals surface area (Å²) < 4.78 is 0. The molecule has 0 aromatic carbocycles. The predicted molar refractivity (Wildman–Crippen MR) is 66.3 cm³/mol. The zero-order valence-electron chi connectivity index (χ0n) is 10.1. The number of nitrogens with zero attached hydrogens (tertiary/aromatic N) is 1. The highest BCUT2D eigenvalue weighted by atomic mass is 16.1. The van der Waals surface area contributed by atoms with Crippen LogP contribution in [0, 0.1) is 0 Å². The lowest BCUT2D eigenvalue weighted by atomic mass is 9.91. The lowest BCUT2D eigenvalue weighted by molar-refractivity contribution is -0.118. The Morgan fingerprint density at radius 3 is 3.29 bits per heavy atom. The summed E-state index contributed by atoms with van der Waals surface area (Å²) in [6.07, 6.45) is 5.55. The topological polar surface area (TPSA) is 68.0 Å². The molecule has 1 aliphatic carbocycles. The quantitative estimate of drug-likeness (QED) is 0.824. The number of rotatable bonds is 4. The monoisotopic (exact) mass is 233 g/mol. The minimum Gasteiger partial charge on any atom is -0.370 e. The fourth-order valence-corrected chi connectivity index (χ4v) is 2.48. The Hall–Kier alpha value is -1.42. The van der Waals surface area contributed by atoms with Gasteiger partial charge in [-0.25, -0.2) is 0 Å². The Morgan fingerprint density at radius 2 is 2.53 bits per heavy atom. The molecule has 0 saturated heterocycles. The number of carbonyl (C=O) groups excluding carboxylic acids is 1. The number of hydrogen-bond donors (Lipinski definition) is 2. The molecule has 0 fully saturated rings. The summed E-state index contributed by atoms with van der Waals surface area (Å²) >= 11 is 0. The molecule has 17 heavy (non-hydrogen) atoms. The molecule has 1 aliphatic rings. The van der Waals surface area contributed by atoms with E-state index in [0.717, 1.165) is 18.5 Å². The summed E-state index contributed by atoms with van der Waals surface area (Å²) in [5.41, 5.74) is 7.65. The SMILES string of the molecule is CC(CC(N)=O)NC1CCCc2cccnc21. The van der Waals surface area contributed by atoms with Crippen LogP contribution in [0.1, 0.15) is 43.5 Å². The highest BCUT2D eigenvalue weighted by Crippen LogP contribution is 2.28. The second-order valence-corrected chi connectivity index (χ2v) is 4.73. The van der Waals surface area contributed by atoms with Crippen molar-refractivity contribution < 1.29 is 4.79 Å². The molecule has 2 atom stereocenters. The fourth-order valence-electron chi connectivity index (χ4n) is 2.48. The first kappa shape index (κ1) is 12.0. The van der Waals surface area contributed by atoms with Crippen molar-refractivity contribution in [2.24, 2.45) is 5.73 Å². The zero-order chi connectivity index (χ0) is 12.3. The maximum Gasteiger partial charge on any atom is 0.218 e. The number of aryl methyl sites for hydroxylation is 1. The summed E-state index contributed by atoms with van der Waals surface area (Å²) in [4.78, 5) is 15.3. The van der Waals surface area contributed by atoms with Crippen molar-refractivity contribution in [1.29, 1.82) is 0 Å². The average Bonchev–Trinajstić information content (AvgIpc) is 2.28. The van der Waals surface area contributed by atoms with E-state index >= 15 is 0 Å². The van der Waals surface area contributed by atoms with E-state index in [1.807, 2.05) is 19.2 Å². The van der Waals surface area contributed by atoms with Crippen molar-refractivity contribution >= 4 is 5.91 Å². The highest BCUT2D eigenvalue weighted by Gasteiger charge is 2.22. The van der Waals surface area contributed by atoms with Gasteiger partial charge in [-0.15, -0.1) is 0 Å². The first-order valence-corrected chi connectivity index (χ1v) is 6.15. The first-order chi connectivity index (χ1) is 8.16. The first-order valence-electron chi connectivity index (χ1n) is 6.15. The number of hydrogen-bond acceptors (Lipinski definition) is 3. The van der Waals surface area contributed by atoms with Crippen LogP contribution in [0.15, 0.2) is 18.3 Å². The molecule has 1 aromatic heterocycles. The van der Waals surface area contributed by atoms with Crippen molar-refractivity contribution in [2.45, 2.75) is 44.7 Å². The standard InChI is InChI=1S/C13H19N3O/c1-9(8-12(14)17)16-11-6-2-4-10-5-3-7-15-13(10)11/h3,5,7,9,11,16H,2,4,6,8H2,1H3,(H2,14,17). The van der Waals surface area contributed by atoms with Crippen LogP contribution in [0.5, 0.6) is 0 Å². The molecule has 0 saturated carbocycles. The third-order valence-corrected chi connectivity index (χ3v) is 3.19. The van der Waals surface area contributed by atoms with Gasteiger partial charge in [0, 0.05) is 24.7 Å². The molecular formula is C13H19N3O. The number of nitrogens with one attached hydrogen (secondary N) is 1. The summed E-state index contributed by atoms with van der Waals surface area (Å²) in [5.74, 6) is -0.262. The summed E-state index contributed by atoms with van der Waals surface area (Å²) in [6, 6.07) is 4.47. The minimum atomic E-state index is -0.262. The van der Waals surface area contributed by atoms with Gasteiger partial charge in [-0.2, -0.15) is 0 Å². The average molecular weight is 233 g/mol. The number of carbonyl (C=O) groups is 1. The van der Waals surface area contributed by atoms with Gasteiger partial charge in [-0.05, 0) is 37.8 Å². The van der Waals surface area contributed by atoms with Crippen molar-refractivity contribution in [2.75, 3.05) is 0 Å². The normalized spacial score (nSPS) is 20.6. The minimum absolute atomic E-state index is 0.102. The molecule has 0 radical (unpaired) electrons. The van der Waals surface area contributed by atoms with E-state index in [0.29, 0.717) is 6.42 Å². The van der Waals surface area contributed by atoms with E-state index < -0.39 is 0 Å². The Kier molecular flexibility index (Phi) is 3.74. The lowest BCUT2D eigenvalue weighted by Crippen LogP contribution is -2.36. The van der Waals surface area contributed by atoms with Crippen molar-refractivity contribution in [1.82, 2.24) is 10.3 Å². The Balaban J connectivity index is 2.05. The maximum absolute atomic E-state index is 10.9. The van der Waals surface area contributed by atoms with Gasteiger partial charge in [0.05, 0.1) is 5.69 Å². The number of nitrogens with two attached hydrogens (primary N) is 1. The summed E-state index contributed by atoms with van der Waals surface area (Å²) in [7, 11) is 0. The second kappa shape index (κ2) is 5.27. The van der Waals surface area contributed by atoms with E-state index in [9.17, 15) is 4.79 Å². The Labute approximate surface area is 102 Å². The predicted octanol–water partition coefficient (Wildman–Crippen LogP) is 1.31. The Morgan fingerprint density at radius 1 is 1.71 bits per heavy atom. The van der Waals surface area contributed by atoms with Gasteiger partial charge < -0.3 is 11.1 Å². The van der Waals surface area contributed by atoms with Gasteiger partial charge in [-0.3, -0.25) is 9.78 Å². The van der Waals surface area contributed by atoms with Gasteiger partial charge in [0.15, 0.2) is 0 Å². The number of fused-ring (bicyclic) bond motifs is 1. The largest absolute Gasteiger partial charge is 0.370 e. The number of aromatic nitrogens is 1. The third kappa shape index (κ3) is 3.03. The molecule has 4 nitrogen and oxygen atoms in total. The molecule has 2 rings (SSSR count). The van der Waals surface area contributed by atoms with Crippen molar-refractivity contribution in [3.63, 3.8) is 0 Å². The van der Waals surface area contributed by atoms with Gasteiger partial charge in [0.25, 0.3) is 0 Å². The van der Waals surface area contributed by atoms with E-state index in [1.54, 1.807) is 0 Å². The second-order valence-electron chi connectivity index (χ2n) is 4.73. The van der Waals surface area contributed by atoms with Gasteiger partial charge >= 0.3 is 0 Å². The van der Waals surface area contributed by atoms with E-state index in [1.165, 1.54) is 12.0 Å². The van der Waals surface area contributed by atoms with Crippen LogP contribution < -0.4 is 11.1 Å². The molecule has 1 heterocycles. The zero-order valence-corrected chi connectivity index (χ0v) is 10.1. The number of pyridine rings is 1. The summed E-state index contributed by atoms with van der Waals surface area (Å²) in [5, 5.41) is 3.44. The van der Waals surface area contributed by atoms with Crippen LogP contribution in [0.3, 0.4) is 0 Å². The number of primary amides is 1. The van der Waals surface area contributed by atoms with Crippen LogP contribution >= 0.6 is 0 Å². The molecule has 1 aromatic rings. The number of amides is 1. The Bertz CT molecular complexity index is 405. The third-order valence-electron chi connectivity index (χ3n) is 3.19. The molecule has 0 aliphatic heterocycles. The summed E-state index contributed by atoms with van der Waals surface area (Å²) in [6.45, 7) is 1.99. The molecule has 2 unspecified atom stereocenters. The highest BCUT2D eigenvalue weighted by molar-refractivity contribution is 5.74. The molecule has 0 spiro atoms. The molecular weight excluding hydrogens is 214 g/mol. The fraction of sp³-hybridized carbons (Fsp3) is 0.538. The smallest absolute Gasteiger partial charge is 0.218 e. The van der Waals surface area contributed by atoms with Crippen LogP contribution in [0.25, 0.3) is 0 Å². The lowest BCUT2D eigenvalue weighted by Gasteiger charge is -2.27. The van der Waals surface area contributed by atoms with E-state index in [2.05, 4.69) is 16.4 Å². The molecule has 3 N–H and O–H groups in total. The molecule has 4 heteroatoms. The van der Waals surface area contributed by atoms with Gasteiger partial charge in [0.2, 0.25) is 5.91 Å². The van der Waals surface area contributed by atoms with Crippen LogP contribution in [-0.2, 0) is 11.2 Å². The maximum atomic E-state index is 10.9. The van der Waals surface area contributed by atoms with E-state index in [-0.39, 0.29) is 18.0 Å². The van der Waals surface area contributed by atoms with E-state index in [4.69, 9.17) is 5.73 Å². The van der Waals surface area contributed by atoms with Crippen molar-refractivity contribution in [3.05, 3.63) is 29.6 Å². The van der Waals surface area contributed by atoms with Crippen LogP contribution in [-0.4, -0.2) is 16.9 Å². The molecule has 92 valence electrons. The molecule has 0 bridgehead atoms. The van der Waals surface area contributed by atoms with Gasteiger partial charge in [-0.1, -0.05) is 6.07 Å².